The second-order valence-electron chi connectivity index (χ2n) is 4.03. The van der Waals surface area contributed by atoms with Crippen molar-refractivity contribution in [3.8, 4) is 0 Å². The number of pyridine rings is 1. The van der Waals surface area contributed by atoms with E-state index in [4.69, 9.17) is 5.11 Å². The third kappa shape index (κ3) is 2.03. The van der Waals surface area contributed by atoms with Crippen LogP contribution in [0.15, 0.2) is 12.3 Å². The largest absolute Gasteiger partial charge is 0.481 e. The number of hydrogen-bond acceptors (Lipinski definition) is 5. The fourth-order valence-electron chi connectivity index (χ4n) is 1.69. The molecule has 0 aromatic carbocycles. The molecule has 17 heavy (non-hydrogen) atoms. The number of hydrogen-bond donors (Lipinski definition) is 1. The van der Waals surface area contributed by atoms with Gasteiger partial charge in [-0.05, 0) is 6.92 Å². The number of aliphatic carboxylic acids is 1. The molecule has 90 valence electrons. The molecule has 0 atom stereocenters. The Bertz CT molecular complexity index is 482. The molecule has 2 rings (SSSR count). The summed E-state index contributed by atoms with van der Waals surface area (Å²) < 4.78 is 0. The lowest BCUT2D eigenvalue weighted by molar-refractivity contribution is -0.385. The monoisotopic (exact) mass is 237 g/mol. The molecule has 0 unspecified atom stereocenters. The minimum atomic E-state index is -0.845. The Morgan fingerprint density at radius 2 is 2.29 bits per heavy atom. The maximum atomic E-state index is 10.7. The van der Waals surface area contributed by atoms with E-state index in [-0.39, 0.29) is 5.69 Å². The zero-order valence-corrected chi connectivity index (χ0v) is 9.16. The molecule has 0 radical (unpaired) electrons. The first kappa shape index (κ1) is 11.3. The molecule has 0 amide bonds. The average molecular weight is 237 g/mol. The highest BCUT2D eigenvalue weighted by molar-refractivity contribution is 5.74. The standard InChI is InChI=1S/C10H11N3O4/c1-6-3-11-9(2-8(6)13(16)17)12-4-7(5-12)10(14)15/h2-3,7H,4-5H2,1H3,(H,14,15). The zero-order valence-electron chi connectivity index (χ0n) is 9.16. The van der Waals surface area contributed by atoms with E-state index in [9.17, 15) is 14.9 Å². The highest BCUT2D eigenvalue weighted by atomic mass is 16.6. The molecule has 1 aliphatic heterocycles. The Kier molecular flexibility index (Phi) is 2.66. The quantitative estimate of drug-likeness (QED) is 0.617. The van der Waals surface area contributed by atoms with E-state index in [1.165, 1.54) is 12.3 Å². The van der Waals surface area contributed by atoms with Crippen molar-refractivity contribution in [2.45, 2.75) is 6.92 Å². The van der Waals surface area contributed by atoms with Crippen LogP contribution in [0.25, 0.3) is 0 Å². The van der Waals surface area contributed by atoms with Crippen LogP contribution in [0.3, 0.4) is 0 Å². The van der Waals surface area contributed by atoms with Crippen molar-refractivity contribution in [1.29, 1.82) is 0 Å². The molecule has 1 aliphatic rings. The summed E-state index contributed by atoms with van der Waals surface area (Å²) >= 11 is 0. The number of carbonyl (C=O) groups is 1. The summed E-state index contributed by atoms with van der Waals surface area (Å²) in [6.45, 7) is 2.32. The van der Waals surface area contributed by atoms with Gasteiger partial charge in [0.15, 0.2) is 0 Å². The Morgan fingerprint density at radius 1 is 1.65 bits per heavy atom. The SMILES string of the molecule is Cc1cnc(N2CC(C(=O)O)C2)cc1[N+](=O)[O-]. The van der Waals surface area contributed by atoms with Crippen LogP contribution in [0.5, 0.6) is 0 Å². The number of nitro groups is 1. The normalized spacial score (nSPS) is 15.5. The van der Waals surface area contributed by atoms with Crippen LogP contribution < -0.4 is 4.90 Å². The van der Waals surface area contributed by atoms with Gasteiger partial charge in [-0.3, -0.25) is 14.9 Å². The molecule has 1 fully saturated rings. The van der Waals surface area contributed by atoms with Crippen LogP contribution in [0.1, 0.15) is 5.56 Å². The molecule has 1 N–H and O–H groups in total. The van der Waals surface area contributed by atoms with E-state index >= 15 is 0 Å². The molecule has 2 heterocycles. The second-order valence-corrected chi connectivity index (χ2v) is 4.03. The van der Waals surface area contributed by atoms with Crippen molar-refractivity contribution in [3.05, 3.63) is 27.9 Å². The minimum Gasteiger partial charge on any atom is -0.481 e. The number of carboxylic acids is 1. The van der Waals surface area contributed by atoms with Crippen LogP contribution in [-0.2, 0) is 4.79 Å². The summed E-state index contributed by atoms with van der Waals surface area (Å²) in [6.07, 6.45) is 1.43. The van der Waals surface area contributed by atoms with Crippen molar-refractivity contribution in [3.63, 3.8) is 0 Å². The Labute approximate surface area is 96.8 Å². The van der Waals surface area contributed by atoms with E-state index in [0.717, 1.165) is 0 Å². The second kappa shape index (κ2) is 4.00. The van der Waals surface area contributed by atoms with Crippen LogP contribution in [0.4, 0.5) is 11.5 Å². The first-order valence-corrected chi connectivity index (χ1v) is 5.08. The highest BCUT2D eigenvalue weighted by Gasteiger charge is 2.34. The molecule has 7 nitrogen and oxygen atoms in total. The van der Waals surface area contributed by atoms with Gasteiger partial charge in [0.25, 0.3) is 5.69 Å². The van der Waals surface area contributed by atoms with Gasteiger partial charge in [-0.15, -0.1) is 0 Å². The third-order valence-corrected chi connectivity index (χ3v) is 2.81. The van der Waals surface area contributed by atoms with Gasteiger partial charge in [-0.1, -0.05) is 0 Å². The topological polar surface area (TPSA) is 96.6 Å². The maximum Gasteiger partial charge on any atom is 0.310 e. The van der Waals surface area contributed by atoms with Gasteiger partial charge in [-0.25, -0.2) is 4.98 Å². The molecule has 1 aromatic rings. The van der Waals surface area contributed by atoms with Crippen molar-refractivity contribution < 1.29 is 14.8 Å². The smallest absolute Gasteiger partial charge is 0.310 e. The number of aromatic nitrogens is 1. The van der Waals surface area contributed by atoms with Crippen molar-refractivity contribution in [1.82, 2.24) is 4.98 Å². The zero-order chi connectivity index (χ0) is 12.6. The number of nitrogens with zero attached hydrogens (tertiary/aromatic N) is 3. The van der Waals surface area contributed by atoms with Gasteiger partial charge in [0.1, 0.15) is 5.82 Å². The van der Waals surface area contributed by atoms with Crippen molar-refractivity contribution in [2.75, 3.05) is 18.0 Å². The van der Waals surface area contributed by atoms with Crippen LogP contribution in [0, 0.1) is 23.0 Å². The number of carboxylic acid groups (broad SMARTS) is 1. The number of anilines is 1. The predicted molar refractivity (Wildman–Crippen MR) is 59.0 cm³/mol. The van der Waals surface area contributed by atoms with E-state index in [1.807, 2.05) is 0 Å². The van der Waals surface area contributed by atoms with E-state index in [2.05, 4.69) is 4.98 Å². The van der Waals surface area contributed by atoms with Crippen molar-refractivity contribution >= 4 is 17.5 Å². The lowest BCUT2D eigenvalue weighted by atomic mass is 10.0. The first-order valence-electron chi connectivity index (χ1n) is 5.08. The summed E-state index contributed by atoms with van der Waals surface area (Å²) in [7, 11) is 0. The Morgan fingerprint density at radius 3 is 2.82 bits per heavy atom. The number of rotatable bonds is 3. The molecule has 0 aliphatic carbocycles. The summed E-state index contributed by atoms with van der Waals surface area (Å²) in [6, 6.07) is 1.38. The van der Waals surface area contributed by atoms with Crippen LogP contribution in [-0.4, -0.2) is 34.1 Å². The maximum absolute atomic E-state index is 10.7. The predicted octanol–water partition coefficient (Wildman–Crippen LogP) is 0.819. The van der Waals surface area contributed by atoms with Crippen LogP contribution in [0.2, 0.25) is 0 Å². The van der Waals surface area contributed by atoms with Gasteiger partial charge < -0.3 is 10.0 Å². The van der Waals surface area contributed by atoms with E-state index in [1.54, 1.807) is 11.8 Å². The Hall–Kier alpha value is -2.18. The first-order chi connectivity index (χ1) is 7.99. The fraction of sp³-hybridized carbons (Fsp3) is 0.400. The van der Waals surface area contributed by atoms with Gasteiger partial charge in [0, 0.05) is 24.8 Å². The Balaban J connectivity index is 2.16. The van der Waals surface area contributed by atoms with Gasteiger partial charge in [0.2, 0.25) is 0 Å². The molecule has 0 spiro atoms. The summed E-state index contributed by atoms with van der Waals surface area (Å²) in [5.74, 6) is -0.792. The summed E-state index contributed by atoms with van der Waals surface area (Å²) in [5.41, 5.74) is 0.503. The lowest BCUT2D eigenvalue weighted by Gasteiger charge is -2.37. The highest BCUT2D eigenvalue weighted by Crippen LogP contribution is 2.27. The fourth-order valence-corrected chi connectivity index (χ4v) is 1.69. The summed E-state index contributed by atoms with van der Waals surface area (Å²) in [4.78, 5) is 26.7. The minimum absolute atomic E-state index is 0.00813. The molecule has 0 bridgehead atoms. The van der Waals surface area contributed by atoms with Gasteiger partial charge in [-0.2, -0.15) is 0 Å². The molecule has 1 saturated heterocycles. The molecular formula is C10H11N3O4. The number of aryl methyl sites for hydroxylation is 1. The van der Waals surface area contributed by atoms with Crippen LogP contribution >= 0.6 is 0 Å². The van der Waals surface area contributed by atoms with E-state index in [0.29, 0.717) is 24.5 Å². The summed E-state index contributed by atoms with van der Waals surface area (Å²) in [5, 5.41) is 19.5. The average Bonchev–Trinajstić information content (AvgIpc) is 2.17. The molecule has 7 heteroatoms. The molecular weight excluding hydrogens is 226 g/mol. The lowest BCUT2D eigenvalue weighted by Crippen LogP contribution is -2.50. The van der Waals surface area contributed by atoms with Gasteiger partial charge in [0.05, 0.1) is 16.9 Å². The van der Waals surface area contributed by atoms with E-state index < -0.39 is 16.8 Å². The molecule has 0 saturated carbocycles. The molecule has 1 aromatic heterocycles. The van der Waals surface area contributed by atoms with Gasteiger partial charge >= 0.3 is 5.97 Å². The third-order valence-electron chi connectivity index (χ3n) is 2.81. The van der Waals surface area contributed by atoms with Crippen molar-refractivity contribution in [2.24, 2.45) is 5.92 Å².